The molecule has 1 fully saturated rings. The minimum Gasteiger partial charge on any atom is -0.377 e. The maximum absolute atomic E-state index is 14.0. The largest absolute Gasteiger partial charge is 0.408 e. The molecular formula is C22H27F3N4O3. The molecule has 3 unspecified atom stereocenters. The standard InChI is InChI=1S/C22H27F3N4O3/c1-15-14-32-11-10-27(15)19-12-20(30)28-9-8-18(22(23,24)25)29(21(28)26-19)13-17(31-2)16-6-4-3-5-7-16/h3-7,12,15,17-18H,8-11,13-14H2,1-2H3. The molecular weight excluding hydrogens is 425 g/mol. The number of aromatic nitrogens is 2. The number of nitrogens with zero attached hydrogens (tertiary/aromatic N) is 4. The van der Waals surface area contributed by atoms with Crippen LogP contribution in [0, 0.1) is 0 Å². The fourth-order valence-electron chi connectivity index (χ4n) is 4.38. The Morgan fingerprint density at radius 3 is 2.66 bits per heavy atom. The lowest BCUT2D eigenvalue weighted by atomic mass is 10.1. The van der Waals surface area contributed by atoms with Gasteiger partial charge in [-0.25, -0.2) is 0 Å². The van der Waals surface area contributed by atoms with Crippen LogP contribution >= 0.6 is 0 Å². The van der Waals surface area contributed by atoms with E-state index in [4.69, 9.17) is 9.47 Å². The molecule has 0 bridgehead atoms. The first kappa shape index (κ1) is 22.6. The molecule has 2 aliphatic heterocycles. The SMILES string of the molecule is COC(CN1c2nc(N3CCOCC3C)cc(=O)n2CCC1C(F)(F)F)c1ccccc1. The second-order valence-electron chi connectivity index (χ2n) is 8.16. The molecule has 10 heteroatoms. The van der Waals surface area contributed by atoms with Crippen molar-refractivity contribution in [2.45, 2.75) is 44.3 Å². The first-order valence-electron chi connectivity index (χ1n) is 10.7. The van der Waals surface area contributed by atoms with Gasteiger partial charge >= 0.3 is 6.18 Å². The number of anilines is 2. The van der Waals surface area contributed by atoms with E-state index in [0.717, 1.165) is 5.56 Å². The van der Waals surface area contributed by atoms with Crippen LogP contribution in [-0.4, -0.2) is 61.2 Å². The number of morpholine rings is 1. The van der Waals surface area contributed by atoms with E-state index in [1.54, 1.807) is 0 Å². The molecule has 1 aromatic carbocycles. The first-order chi connectivity index (χ1) is 15.3. The van der Waals surface area contributed by atoms with Crippen molar-refractivity contribution in [3.63, 3.8) is 0 Å². The summed E-state index contributed by atoms with van der Waals surface area (Å²) in [5.41, 5.74) is 0.399. The summed E-state index contributed by atoms with van der Waals surface area (Å²) in [4.78, 5) is 20.6. The molecule has 174 valence electrons. The van der Waals surface area contributed by atoms with Gasteiger partial charge in [0.05, 0.1) is 31.9 Å². The van der Waals surface area contributed by atoms with Gasteiger partial charge in [0.1, 0.15) is 11.9 Å². The molecule has 0 radical (unpaired) electrons. The zero-order chi connectivity index (χ0) is 22.9. The van der Waals surface area contributed by atoms with Gasteiger partial charge < -0.3 is 19.3 Å². The molecule has 0 N–H and O–H groups in total. The van der Waals surface area contributed by atoms with Crippen molar-refractivity contribution in [1.29, 1.82) is 0 Å². The van der Waals surface area contributed by atoms with Crippen LogP contribution in [0.1, 0.15) is 25.0 Å². The minimum atomic E-state index is -4.47. The van der Waals surface area contributed by atoms with Crippen molar-refractivity contribution in [3.8, 4) is 0 Å². The third-order valence-corrected chi connectivity index (χ3v) is 6.09. The molecule has 1 aromatic heterocycles. The van der Waals surface area contributed by atoms with Crippen LogP contribution in [-0.2, 0) is 16.0 Å². The summed E-state index contributed by atoms with van der Waals surface area (Å²) in [5, 5.41) is 0. The van der Waals surface area contributed by atoms with Gasteiger partial charge in [-0.15, -0.1) is 0 Å². The second-order valence-corrected chi connectivity index (χ2v) is 8.16. The zero-order valence-electron chi connectivity index (χ0n) is 18.1. The number of methoxy groups -OCH3 is 1. The summed E-state index contributed by atoms with van der Waals surface area (Å²) >= 11 is 0. The van der Waals surface area contributed by atoms with Crippen molar-refractivity contribution in [3.05, 3.63) is 52.3 Å². The Balaban J connectivity index is 1.77. The van der Waals surface area contributed by atoms with Gasteiger partial charge in [-0.1, -0.05) is 30.3 Å². The number of ether oxygens (including phenoxy) is 2. The molecule has 3 atom stereocenters. The highest BCUT2D eigenvalue weighted by Gasteiger charge is 2.47. The van der Waals surface area contributed by atoms with Crippen LogP contribution in [0.5, 0.6) is 0 Å². The fourth-order valence-corrected chi connectivity index (χ4v) is 4.38. The summed E-state index contributed by atoms with van der Waals surface area (Å²) < 4.78 is 54.4. The molecule has 2 aliphatic rings. The lowest BCUT2D eigenvalue weighted by molar-refractivity contribution is -0.153. The van der Waals surface area contributed by atoms with Crippen molar-refractivity contribution in [1.82, 2.24) is 9.55 Å². The Labute approximate surface area is 184 Å². The number of rotatable bonds is 5. The van der Waals surface area contributed by atoms with E-state index in [1.165, 1.54) is 22.6 Å². The Morgan fingerprint density at radius 1 is 1.25 bits per heavy atom. The number of halogens is 3. The van der Waals surface area contributed by atoms with E-state index >= 15 is 0 Å². The van der Waals surface area contributed by atoms with E-state index in [9.17, 15) is 18.0 Å². The van der Waals surface area contributed by atoms with E-state index < -0.39 is 18.3 Å². The molecule has 7 nitrogen and oxygen atoms in total. The van der Waals surface area contributed by atoms with E-state index in [2.05, 4.69) is 4.98 Å². The Bertz CT molecular complexity index is 983. The Hall–Kier alpha value is -2.59. The number of hydrogen-bond donors (Lipinski definition) is 0. The molecule has 1 saturated heterocycles. The highest BCUT2D eigenvalue weighted by atomic mass is 19.4. The highest BCUT2D eigenvalue weighted by Crippen LogP contribution is 2.36. The molecule has 2 aromatic rings. The third-order valence-electron chi connectivity index (χ3n) is 6.09. The van der Waals surface area contributed by atoms with Gasteiger partial charge in [0.25, 0.3) is 5.56 Å². The highest BCUT2D eigenvalue weighted by molar-refractivity contribution is 5.48. The Kier molecular flexibility index (Phi) is 6.43. The van der Waals surface area contributed by atoms with E-state index in [-0.39, 0.29) is 37.1 Å². The van der Waals surface area contributed by atoms with Crippen LogP contribution in [0.2, 0.25) is 0 Å². The quantitative estimate of drug-likeness (QED) is 0.695. The van der Waals surface area contributed by atoms with Crippen molar-refractivity contribution in [2.24, 2.45) is 0 Å². The van der Waals surface area contributed by atoms with Crippen LogP contribution in [0.15, 0.2) is 41.2 Å². The van der Waals surface area contributed by atoms with Crippen LogP contribution in [0.25, 0.3) is 0 Å². The van der Waals surface area contributed by atoms with Gasteiger partial charge in [0, 0.05) is 26.3 Å². The van der Waals surface area contributed by atoms with Gasteiger partial charge in [0.15, 0.2) is 0 Å². The normalized spacial score (nSPS) is 22.5. The van der Waals surface area contributed by atoms with Crippen LogP contribution < -0.4 is 15.4 Å². The maximum Gasteiger partial charge on any atom is 0.408 e. The van der Waals surface area contributed by atoms with Gasteiger partial charge in [-0.2, -0.15) is 18.2 Å². The first-order valence-corrected chi connectivity index (χ1v) is 10.7. The lowest BCUT2D eigenvalue weighted by Gasteiger charge is -2.41. The van der Waals surface area contributed by atoms with Gasteiger partial charge in [-0.05, 0) is 18.9 Å². The smallest absolute Gasteiger partial charge is 0.377 e. The number of fused-ring (bicyclic) bond motifs is 1. The topological polar surface area (TPSA) is 59.8 Å². The van der Waals surface area contributed by atoms with Crippen molar-refractivity contribution in [2.75, 3.05) is 43.2 Å². The summed E-state index contributed by atoms with van der Waals surface area (Å²) in [6.07, 6.45) is -5.31. The number of hydrogen-bond acceptors (Lipinski definition) is 6. The summed E-state index contributed by atoms with van der Waals surface area (Å²) in [5.74, 6) is 0.399. The molecule has 0 aliphatic carbocycles. The third kappa shape index (κ3) is 4.47. The fraction of sp³-hybridized carbons (Fsp3) is 0.545. The maximum atomic E-state index is 14.0. The van der Waals surface area contributed by atoms with Gasteiger partial charge in [-0.3, -0.25) is 9.36 Å². The van der Waals surface area contributed by atoms with E-state index in [1.807, 2.05) is 42.2 Å². The molecule has 4 rings (SSSR count). The van der Waals surface area contributed by atoms with Crippen molar-refractivity contribution < 1.29 is 22.6 Å². The zero-order valence-corrected chi connectivity index (χ0v) is 18.1. The van der Waals surface area contributed by atoms with Crippen LogP contribution in [0.4, 0.5) is 24.9 Å². The predicted octanol–water partition coefficient (Wildman–Crippen LogP) is 3.00. The number of benzene rings is 1. The monoisotopic (exact) mass is 452 g/mol. The summed E-state index contributed by atoms with van der Waals surface area (Å²) in [7, 11) is 1.47. The molecule has 0 amide bonds. The minimum absolute atomic E-state index is 0.0257. The summed E-state index contributed by atoms with van der Waals surface area (Å²) in [6, 6.07) is 8.70. The van der Waals surface area contributed by atoms with Gasteiger partial charge in [0.2, 0.25) is 5.95 Å². The second kappa shape index (κ2) is 9.11. The van der Waals surface area contributed by atoms with Crippen molar-refractivity contribution >= 4 is 11.8 Å². The molecule has 3 heterocycles. The number of alkyl halides is 3. The predicted molar refractivity (Wildman–Crippen MR) is 114 cm³/mol. The Morgan fingerprint density at radius 2 is 2.00 bits per heavy atom. The average molecular weight is 452 g/mol. The average Bonchev–Trinajstić information content (AvgIpc) is 2.77. The lowest BCUT2D eigenvalue weighted by Crippen LogP contribution is -2.54. The van der Waals surface area contributed by atoms with E-state index in [0.29, 0.717) is 25.6 Å². The van der Waals surface area contributed by atoms with Crippen LogP contribution in [0.3, 0.4) is 0 Å². The molecule has 0 saturated carbocycles. The molecule has 0 spiro atoms. The summed E-state index contributed by atoms with van der Waals surface area (Å²) in [6.45, 7) is 3.27. The molecule has 32 heavy (non-hydrogen) atoms.